The van der Waals surface area contributed by atoms with Crippen LogP contribution in [0.4, 0.5) is 5.95 Å². The van der Waals surface area contributed by atoms with Gasteiger partial charge in [0.1, 0.15) is 0 Å². The molecule has 0 saturated heterocycles. The van der Waals surface area contributed by atoms with E-state index in [0.29, 0.717) is 6.61 Å². The third-order valence-corrected chi connectivity index (χ3v) is 3.68. The van der Waals surface area contributed by atoms with E-state index in [2.05, 4.69) is 62.1 Å². The normalized spacial score (nSPS) is 12.4. The summed E-state index contributed by atoms with van der Waals surface area (Å²) in [6, 6.07) is 8.58. The first-order valence-electron chi connectivity index (χ1n) is 6.65. The summed E-state index contributed by atoms with van der Waals surface area (Å²) in [4.78, 5) is 4.54. The second-order valence-corrected chi connectivity index (χ2v) is 5.68. The van der Waals surface area contributed by atoms with E-state index in [1.54, 1.807) is 7.11 Å². The van der Waals surface area contributed by atoms with Gasteiger partial charge in [0, 0.05) is 24.3 Å². The van der Waals surface area contributed by atoms with Crippen molar-refractivity contribution >= 4 is 21.9 Å². The molecule has 4 nitrogen and oxygen atoms in total. The Balaban J connectivity index is 2.22. The minimum absolute atomic E-state index is 0.221. The molecule has 2 aromatic rings. The van der Waals surface area contributed by atoms with Crippen LogP contribution in [0.5, 0.6) is 0 Å². The van der Waals surface area contributed by atoms with Crippen molar-refractivity contribution in [3.8, 4) is 0 Å². The average Bonchev–Trinajstić information content (AvgIpc) is 2.79. The Kier molecular flexibility index (Phi) is 5.20. The standard InChI is InChI=1S/C15H20BrN3O/c1-11-10-19(15(18-11)17-7-8-20-3)12(2)13-5-4-6-14(16)9-13/h4-6,9-10,12H,7-8H2,1-3H3,(H,17,18). The molecular formula is C15H20BrN3O. The highest BCUT2D eigenvalue weighted by molar-refractivity contribution is 9.10. The number of benzene rings is 1. The fourth-order valence-corrected chi connectivity index (χ4v) is 2.55. The number of rotatable bonds is 6. The molecule has 1 heterocycles. The maximum Gasteiger partial charge on any atom is 0.203 e. The summed E-state index contributed by atoms with van der Waals surface area (Å²) in [6.07, 6.45) is 2.07. The minimum Gasteiger partial charge on any atom is -0.383 e. The number of halogens is 1. The highest BCUT2D eigenvalue weighted by atomic mass is 79.9. The maximum absolute atomic E-state index is 5.07. The number of nitrogens with one attached hydrogen (secondary N) is 1. The van der Waals surface area contributed by atoms with Gasteiger partial charge in [-0.15, -0.1) is 0 Å². The van der Waals surface area contributed by atoms with Crippen LogP contribution in [0.15, 0.2) is 34.9 Å². The highest BCUT2D eigenvalue weighted by Gasteiger charge is 2.13. The van der Waals surface area contributed by atoms with E-state index in [0.717, 1.165) is 22.7 Å². The maximum atomic E-state index is 5.07. The highest BCUT2D eigenvalue weighted by Crippen LogP contribution is 2.25. The average molecular weight is 338 g/mol. The van der Waals surface area contributed by atoms with Crippen LogP contribution in [0.3, 0.4) is 0 Å². The third-order valence-electron chi connectivity index (χ3n) is 3.19. The largest absolute Gasteiger partial charge is 0.383 e. The van der Waals surface area contributed by atoms with Gasteiger partial charge in [-0.1, -0.05) is 28.1 Å². The van der Waals surface area contributed by atoms with Crippen LogP contribution < -0.4 is 5.32 Å². The Morgan fingerprint density at radius 3 is 2.95 bits per heavy atom. The van der Waals surface area contributed by atoms with Crippen LogP contribution in [0, 0.1) is 6.92 Å². The fraction of sp³-hybridized carbons (Fsp3) is 0.400. The number of ether oxygens (including phenoxy) is 1. The van der Waals surface area contributed by atoms with Crippen molar-refractivity contribution in [3.05, 3.63) is 46.2 Å². The number of imidazole rings is 1. The summed E-state index contributed by atoms with van der Waals surface area (Å²) in [6.45, 7) is 5.59. The zero-order chi connectivity index (χ0) is 14.5. The quantitative estimate of drug-likeness (QED) is 0.818. The third kappa shape index (κ3) is 3.61. The summed E-state index contributed by atoms with van der Waals surface area (Å²) in [7, 11) is 1.70. The lowest BCUT2D eigenvalue weighted by atomic mass is 10.1. The van der Waals surface area contributed by atoms with Crippen molar-refractivity contribution in [2.45, 2.75) is 19.9 Å². The molecule has 108 valence electrons. The van der Waals surface area contributed by atoms with Gasteiger partial charge >= 0.3 is 0 Å². The number of hydrogen-bond donors (Lipinski definition) is 1. The van der Waals surface area contributed by atoms with Crippen LogP contribution in [0.1, 0.15) is 24.2 Å². The first kappa shape index (κ1) is 15.1. The van der Waals surface area contributed by atoms with Crippen molar-refractivity contribution in [1.29, 1.82) is 0 Å². The van der Waals surface area contributed by atoms with Crippen LogP contribution in [0.2, 0.25) is 0 Å². The van der Waals surface area contributed by atoms with Gasteiger partial charge in [0.2, 0.25) is 5.95 Å². The van der Waals surface area contributed by atoms with Gasteiger partial charge in [0.25, 0.3) is 0 Å². The number of hydrogen-bond acceptors (Lipinski definition) is 3. The molecule has 0 fully saturated rings. The van der Waals surface area contributed by atoms with Crippen molar-refractivity contribution < 1.29 is 4.74 Å². The van der Waals surface area contributed by atoms with Gasteiger partial charge in [-0.25, -0.2) is 4.98 Å². The predicted octanol–water partition coefficient (Wildman–Crippen LogP) is 3.62. The number of aryl methyl sites for hydroxylation is 1. The molecule has 0 saturated carbocycles. The first-order valence-corrected chi connectivity index (χ1v) is 7.45. The Morgan fingerprint density at radius 2 is 2.25 bits per heavy atom. The topological polar surface area (TPSA) is 39.1 Å². The molecule has 0 aliphatic heterocycles. The summed E-state index contributed by atoms with van der Waals surface area (Å²) < 4.78 is 8.32. The zero-order valence-corrected chi connectivity index (χ0v) is 13.6. The molecule has 2 rings (SSSR count). The van der Waals surface area contributed by atoms with E-state index in [4.69, 9.17) is 4.74 Å². The van der Waals surface area contributed by atoms with E-state index in [1.165, 1.54) is 5.56 Å². The lowest BCUT2D eigenvalue weighted by Gasteiger charge is -2.17. The summed E-state index contributed by atoms with van der Waals surface area (Å²) in [5, 5.41) is 3.32. The van der Waals surface area contributed by atoms with Crippen LogP contribution in [0.25, 0.3) is 0 Å². The van der Waals surface area contributed by atoms with E-state index in [1.807, 2.05) is 13.0 Å². The molecule has 1 unspecified atom stereocenters. The molecule has 0 aliphatic rings. The molecule has 0 spiro atoms. The van der Waals surface area contributed by atoms with Crippen molar-refractivity contribution in [1.82, 2.24) is 9.55 Å². The molecule has 0 bridgehead atoms. The molecule has 5 heteroatoms. The van der Waals surface area contributed by atoms with E-state index in [-0.39, 0.29) is 6.04 Å². The van der Waals surface area contributed by atoms with E-state index < -0.39 is 0 Å². The molecule has 20 heavy (non-hydrogen) atoms. The van der Waals surface area contributed by atoms with Crippen LogP contribution in [-0.2, 0) is 4.74 Å². The molecular weight excluding hydrogens is 318 g/mol. The second-order valence-electron chi connectivity index (χ2n) is 4.76. The Morgan fingerprint density at radius 1 is 1.45 bits per heavy atom. The first-order chi connectivity index (χ1) is 9.61. The van der Waals surface area contributed by atoms with Gasteiger partial charge in [-0.05, 0) is 31.5 Å². The lowest BCUT2D eigenvalue weighted by molar-refractivity contribution is 0.210. The lowest BCUT2D eigenvalue weighted by Crippen LogP contribution is -2.15. The molecule has 0 radical (unpaired) electrons. The van der Waals surface area contributed by atoms with Crippen molar-refractivity contribution in [2.75, 3.05) is 25.6 Å². The Hall–Kier alpha value is -1.33. The Labute approximate surface area is 128 Å². The van der Waals surface area contributed by atoms with Gasteiger partial charge in [-0.2, -0.15) is 0 Å². The Bertz CT molecular complexity index is 568. The van der Waals surface area contributed by atoms with Gasteiger partial charge in [-0.3, -0.25) is 0 Å². The monoisotopic (exact) mass is 337 g/mol. The molecule has 0 aliphatic carbocycles. The van der Waals surface area contributed by atoms with E-state index >= 15 is 0 Å². The summed E-state index contributed by atoms with van der Waals surface area (Å²) in [5.74, 6) is 0.882. The molecule has 1 aromatic heterocycles. The summed E-state index contributed by atoms with van der Waals surface area (Å²) >= 11 is 3.52. The predicted molar refractivity (Wildman–Crippen MR) is 85.3 cm³/mol. The van der Waals surface area contributed by atoms with Gasteiger partial charge < -0.3 is 14.6 Å². The van der Waals surface area contributed by atoms with Gasteiger partial charge in [0.05, 0.1) is 18.3 Å². The van der Waals surface area contributed by atoms with Crippen molar-refractivity contribution in [2.24, 2.45) is 0 Å². The number of anilines is 1. The number of nitrogens with zero attached hydrogens (tertiary/aromatic N) is 2. The molecule has 0 amide bonds. The van der Waals surface area contributed by atoms with Crippen molar-refractivity contribution in [3.63, 3.8) is 0 Å². The fourth-order valence-electron chi connectivity index (χ4n) is 2.13. The van der Waals surface area contributed by atoms with Crippen LogP contribution in [-0.4, -0.2) is 29.8 Å². The SMILES string of the molecule is COCCNc1nc(C)cn1C(C)c1cccc(Br)c1. The molecule has 1 atom stereocenters. The van der Waals surface area contributed by atoms with Gasteiger partial charge in [0.15, 0.2) is 0 Å². The zero-order valence-electron chi connectivity index (χ0n) is 12.1. The molecule has 1 N–H and O–H groups in total. The summed E-state index contributed by atoms with van der Waals surface area (Å²) in [5.41, 5.74) is 2.25. The molecule has 1 aromatic carbocycles. The second kappa shape index (κ2) is 6.90. The van der Waals surface area contributed by atoms with Crippen LogP contribution >= 0.6 is 15.9 Å². The smallest absolute Gasteiger partial charge is 0.203 e. The minimum atomic E-state index is 0.221. The number of methoxy groups -OCH3 is 1. The van der Waals surface area contributed by atoms with E-state index in [9.17, 15) is 0 Å². The number of aromatic nitrogens is 2.